The third-order valence-corrected chi connectivity index (χ3v) is 4.98. The highest BCUT2D eigenvalue weighted by Crippen LogP contribution is 2.21. The topological polar surface area (TPSA) is 92.9 Å². The maximum atomic E-state index is 12.1. The minimum atomic E-state index is -1.16. The van der Waals surface area contributed by atoms with E-state index in [0.29, 0.717) is 12.2 Å². The molecule has 0 bridgehead atoms. The average molecular weight is 330 g/mol. The van der Waals surface area contributed by atoms with Gasteiger partial charge in [-0.1, -0.05) is 43.3 Å². The minimum Gasteiger partial charge on any atom is -0.359 e. The Bertz CT molecular complexity index is 592. The molecule has 7 nitrogen and oxygen atoms in total. The Morgan fingerprint density at radius 2 is 2.24 bits per heavy atom. The van der Waals surface area contributed by atoms with Crippen LogP contribution in [0.25, 0.3) is 10.4 Å². The van der Waals surface area contributed by atoms with E-state index in [0.717, 1.165) is 6.04 Å². The number of rotatable bonds is 7. The Kier molecular flexibility index (Phi) is 6.41. The number of hydrogen-bond donors (Lipinski definition) is 0. The van der Waals surface area contributed by atoms with E-state index >= 15 is 0 Å². The zero-order chi connectivity index (χ0) is 16.0. The zero-order valence-electron chi connectivity index (χ0n) is 12.7. The highest BCUT2D eigenvalue weighted by Gasteiger charge is 2.15. The van der Waals surface area contributed by atoms with Crippen LogP contribution in [0.2, 0.25) is 30.7 Å². The molecule has 116 valence electrons. The Balaban J connectivity index is 2.76. The van der Waals surface area contributed by atoms with Gasteiger partial charge in [-0.25, -0.2) is 4.68 Å². The Labute approximate surface area is 129 Å². The normalized spacial score (nSPS) is 12.8. The van der Waals surface area contributed by atoms with Crippen LogP contribution in [-0.2, 0) is 11.5 Å². The van der Waals surface area contributed by atoms with Crippen molar-refractivity contribution in [3.8, 4) is 0 Å². The summed E-state index contributed by atoms with van der Waals surface area (Å²) in [4.78, 5) is 14.7. The molecule has 0 fully saturated rings. The van der Waals surface area contributed by atoms with Crippen LogP contribution in [0.1, 0.15) is 18.5 Å². The fourth-order valence-corrected chi connectivity index (χ4v) is 2.59. The van der Waals surface area contributed by atoms with Crippen molar-refractivity contribution >= 4 is 19.7 Å². The van der Waals surface area contributed by atoms with Gasteiger partial charge in [0.15, 0.2) is 0 Å². The molecule has 1 aromatic rings. The SMILES string of the molecule is CC(N=[N+]=[N-])c1cnn(COCC[Si](C)(C)C)c(=O)c1Cl. The van der Waals surface area contributed by atoms with Crippen molar-refractivity contribution in [1.29, 1.82) is 0 Å². The number of hydrogen-bond acceptors (Lipinski definition) is 4. The number of azide groups is 1. The maximum absolute atomic E-state index is 12.1. The standard InChI is InChI=1S/C12H20ClN5O2Si/c1-9(16-17-14)10-7-15-18(12(19)11(10)13)8-20-5-6-21(2,3)4/h7,9H,5-6,8H2,1-4H3. The van der Waals surface area contributed by atoms with Crippen molar-refractivity contribution in [2.24, 2.45) is 5.11 Å². The molecule has 1 aromatic heterocycles. The van der Waals surface area contributed by atoms with Crippen molar-refractivity contribution < 1.29 is 4.74 Å². The Morgan fingerprint density at radius 3 is 2.81 bits per heavy atom. The molecule has 1 unspecified atom stereocenters. The van der Waals surface area contributed by atoms with Crippen LogP contribution < -0.4 is 5.56 Å². The highest BCUT2D eigenvalue weighted by molar-refractivity contribution is 6.76. The molecule has 1 rings (SSSR count). The molecule has 0 saturated heterocycles. The van der Waals surface area contributed by atoms with Crippen LogP contribution in [-0.4, -0.2) is 24.5 Å². The molecule has 1 heterocycles. The third kappa shape index (κ3) is 5.51. The van der Waals surface area contributed by atoms with Crippen molar-refractivity contribution in [1.82, 2.24) is 9.78 Å². The van der Waals surface area contributed by atoms with Gasteiger partial charge >= 0.3 is 0 Å². The first kappa shape index (κ1) is 17.7. The maximum Gasteiger partial charge on any atom is 0.288 e. The van der Waals surface area contributed by atoms with Crippen molar-refractivity contribution in [3.63, 3.8) is 0 Å². The molecule has 0 N–H and O–H groups in total. The predicted molar refractivity (Wildman–Crippen MR) is 85.2 cm³/mol. The molecule has 21 heavy (non-hydrogen) atoms. The summed E-state index contributed by atoms with van der Waals surface area (Å²) in [6.45, 7) is 9.07. The molecule has 0 aromatic carbocycles. The summed E-state index contributed by atoms with van der Waals surface area (Å²) >= 11 is 6.01. The highest BCUT2D eigenvalue weighted by atomic mass is 35.5. The first-order valence-electron chi connectivity index (χ1n) is 6.63. The molecule has 0 radical (unpaired) electrons. The van der Waals surface area contributed by atoms with Crippen LogP contribution in [0.4, 0.5) is 0 Å². The first-order chi connectivity index (χ1) is 9.76. The van der Waals surface area contributed by atoms with Gasteiger partial charge in [-0.15, -0.1) is 0 Å². The first-order valence-corrected chi connectivity index (χ1v) is 10.7. The fraction of sp³-hybridized carbons (Fsp3) is 0.667. The van der Waals surface area contributed by atoms with Gasteiger partial charge < -0.3 is 4.74 Å². The molecular formula is C12H20ClN5O2Si. The van der Waals surface area contributed by atoms with Crippen LogP contribution in [0.15, 0.2) is 16.1 Å². The fourth-order valence-electron chi connectivity index (χ4n) is 1.53. The molecule has 0 saturated carbocycles. The van der Waals surface area contributed by atoms with Crippen LogP contribution in [0, 0.1) is 0 Å². The Morgan fingerprint density at radius 1 is 1.57 bits per heavy atom. The summed E-state index contributed by atoms with van der Waals surface area (Å²) in [5.41, 5.74) is 8.39. The number of nitrogens with zero attached hydrogens (tertiary/aromatic N) is 5. The second kappa shape index (κ2) is 7.60. The molecule has 0 aliphatic heterocycles. The summed E-state index contributed by atoms with van der Waals surface area (Å²) in [7, 11) is -1.16. The van der Waals surface area contributed by atoms with Gasteiger partial charge in [0.05, 0.1) is 12.2 Å². The molecule has 0 spiro atoms. The lowest BCUT2D eigenvalue weighted by Gasteiger charge is -2.15. The summed E-state index contributed by atoms with van der Waals surface area (Å²) in [5.74, 6) is 0. The van der Waals surface area contributed by atoms with E-state index in [1.165, 1.54) is 10.9 Å². The molecule has 0 aliphatic carbocycles. The smallest absolute Gasteiger partial charge is 0.288 e. The molecular weight excluding hydrogens is 310 g/mol. The van der Waals surface area contributed by atoms with E-state index in [9.17, 15) is 4.79 Å². The van der Waals surface area contributed by atoms with Gasteiger partial charge in [-0.3, -0.25) is 4.79 Å². The summed E-state index contributed by atoms with van der Waals surface area (Å²) in [5, 5.41) is 7.52. The van der Waals surface area contributed by atoms with E-state index < -0.39 is 19.7 Å². The van der Waals surface area contributed by atoms with E-state index in [2.05, 4.69) is 34.8 Å². The largest absolute Gasteiger partial charge is 0.359 e. The molecule has 0 aliphatic rings. The molecule has 9 heteroatoms. The third-order valence-electron chi connectivity index (χ3n) is 2.90. The van der Waals surface area contributed by atoms with E-state index in [1.807, 2.05) is 0 Å². The second-order valence-corrected chi connectivity index (χ2v) is 11.9. The van der Waals surface area contributed by atoms with Crippen molar-refractivity contribution in [2.75, 3.05) is 6.61 Å². The van der Waals surface area contributed by atoms with Crippen molar-refractivity contribution in [3.05, 3.63) is 37.6 Å². The lowest BCUT2D eigenvalue weighted by molar-refractivity contribution is 0.0749. The van der Waals surface area contributed by atoms with Crippen molar-refractivity contribution in [2.45, 2.75) is 45.4 Å². The molecule has 0 amide bonds. The zero-order valence-corrected chi connectivity index (χ0v) is 14.5. The van der Waals surface area contributed by atoms with Crippen LogP contribution in [0.3, 0.4) is 0 Å². The lowest BCUT2D eigenvalue weighted by atomic mass is 10.2. The summed E-state index contributed by atoms with van der Waals surface area (Å²) in [6.07, 6.45) is 1.44. The van der Waals surface area contributed by atoms with Gasteiger partial charge in [0.2, 0.25) is 0 Å². The average Bonchev–Trinajstić information content (AvgIpc) is 2.38. The second-order valence-electron chi connectivity index (χ2n) is 5.95. The van der Waals surface area contributed by atoms with Gasteiger partial charge in [0.1, 0.15) is 11.8 Å². The number of halogens is 1. The van der Waals surface area contributed by atoms with Gasteiger partial charge in [-0.05, 0) is 11.6 Å². The van der Waals surface area contributed by atoms with Gasteiger partial charge in [0.25, 0.3) is 5.56 Å². The Hall–Kier alpha value is -1.34. The quantitative estimate of drug-likeness (QED) is 0.251. The van der Waals surface area contributed by atoms with E-state index in [-0.39, 0.29) is 11.8 Å². The number of ether oxygens (including phenoxy) is 1. The predicted octanol–water partition coefficient (Wildman–Crippen LogP) is 3.58. The van der Waals surface area contributed by atoms with Gasteiger partial charge in [-0.2, -0.15) is 5.10 Å². The monoisotopic (exact) mass is 329 g/mol. The van der Waals surface area contributed by atoms with Gasteiger partial charge in [0, 0.05) is 25.2 Å². The lowest BCUT2D eigenvalue weighted by Crippen LogP contribution is -2.27. The van der Waals surface area contributed by atoms with E-state index in [4.69, 9.17) is 21.9 Å². The van der Waals surface area contributed by atoms with E-state index in [1.54, 1.807) is 6.92 Å². The minimum absolute atomic E-state index is 0.0127. The number of aromatic nitrogens is 2. The molecule has 1 atom stereocenters. The van der Waals surface area contributed by atoms with Crippen LogP contribution >= 0.6 is 11.6 Å². The summed E-state index contributed by atoms with van der Waals surface area (Å²) < 4.78 is 6.64. The summed E-state index contributed by atoms with van der Waals surface area (Å²) in [6, 6.07) is 0.478. The van der Waals surface area contributed by atoms with Crippen LogP contribution in [0.5, 0.6) is 0 Å².